The van der Waals surface area contributed by atoms with Crippen LogP contribution in [0, 0.1) is 0 Å². The van der Waals surface area contributed by atoms with E-state index >= 15 is 0 Å². The van der Waals surface area contributed by atoms with Gasteiger partial charge in [0.15, 0.2) is 0 Å². The number of hydrogen-bond acceptors (Lipinski definition) is 2. The Kier molecular flexibility index (Phi) is 3.06. The van der Waals surface area contributed by atoms with Crippen molar-refractivity contribution < 1.29 is 18.3 Å². The van der Waals surface area contributed by atoms with Crippen LogP contribution in [-0.2, 0) is 12.8 Å². The van der Waals surface area contributed by atoms with Crippen LogP contribution in [0.3, 0.4) is 0 Å². The molecule has 6 heteroatoms. The summed E-state index contributed by atoms with van der Waals surface area (Å²) in [6.45, 7) is -0.512. The smallest absolute Gasteiger partial charge is 0.398 e. The molecule has 78 valence electrons. The van der Waals surface area contributed by atoms with Gasteiger partial charge in [-0.3, -0.25) is 0 Å². The average Bonchev–Trinajstić information content (AvgIpc) is 2.02. The Morgan fingerprint density at radius 1 is 1.36 bits per heavy atom. The van der Waals surface area contributed by atoms with Gasteiger partial charge in [-0.25, -0.2) is 0 Å². The quantitative estimate of drug-likeness (QED) is 0.770. The molecule has 0 aromatic heterocycles. The summed E-state index contributed by atoms with van der Waals surface area (Å²) in [5.41, 5.74) is 3.96. The van der Waals surface area contributed by atoms with E-state index in [1.807, 2.05) is 0 Å². The number of alkyl halides is 3. The summed E-state index contributed by atoms with van der Waals surface area (Å²) < 4.78 is 37.2. The number of hydrogen-bond donors (Lipinski definition) is 2. The molecular formula is C8H7BrF3NO. The predicted octanol–water partition coefficient (Wildman–Crippen LogP) is 2.54. The van der Waals surface area contributed by atoms with Crippen LogP contribution in [0.15, 0.2) is 16.6 Å². The maximum Gasteiger partial charge on any atom is 0.419 e. The van der Waals surface area contributed by atoms with Gasteiger partial charge in [0.1, 0.15) is 0 Å². The summed E-state index contributed by atoms with van der Waals surface area (Å²) in [5.74, 6) is 0. The van der Waals surface area contributed by atoms with Crippen LogP contribution in [0.1, 0.15) is 11.1 Å². The average molecular weight is 270 g/mol. The van der Waals surface area contributed by atoms with Gasteiger partial charge < -0.3 is 10.8 Å². The highest BCUT2D eigenvalue weighted by Crippen LogP contribution is 2.40. The second kappa shape index (κ2) is 3.78. The Hall–Kier alpha value is -0.750. The molecule has 0 unspecified atom stereocenters. The fraction of sp³-hybridized carbons (Fsp3) is 0.250. The van der Waals surface area contributed by atoms with Crippen LogP contribution in [0.2, 0.25) is 0 Å². The van der Waals surface area contributed by atoms with Crippen LogP contribution < -0.4 is 5.73 Å². The summed E-state index contributed by atoms with van der Waals surface area (Å²) in [6.07, 6.45) is -4.52. The first kappa shape index (κ1) is 11.3. The van der Waals surface area contributed by atoms with Crippen LogP contribution in [0.25, 0.3) is 0 Å². The Morgan fingerprint density at radius 3 is 2.36 bits per heavy atom. The van der Waals surface area contributed by atoms with E-state index in [9.17, 15) is 13.2 Å². The molecule has 0 heterocycles. The maximum atomic E-state index is 12.4. The molecule has 0 saturated carbocycles. The maximum absolute atomic E-state index is 12.4. The van der Waals surface area contributed by atoms with Crippen LogP contribution in [0.4, 0.5) is 18.9 Å². The molecule has 1 aromatic carbocycles. The van der Waals surface area contributed by atoms with Crippen molar-refractivity contribution in [2.24, 2.45) is 0 Å². The Balaban J connectivity index is 3.40. The molecule has 14 heavy (non-hydrogen) atoms. The molecule has 0 radical (unpaired) electrons. The van der Waals surface area contributed by atoms with Gasteiger partial charge >= 0.3 is 6.18 Å². The molecule has 0 aliphatic rings. The van der Waals surface area contributed by atoms with Crippen molar-refractivity contribution >= 4 is 21.6 Å². The molecule has 1 rings (SSSR count). The van der Waals surface area contributed by atoms with Crippen molar-refractivity contribution in [3.05, 3.63) is 27.7 Å². The van der Waals surface area contributed by atoms with Crippen molar-refractivity contribution in [1.29, 1.82) is 0 Å². The van der Waals surface area contributed by atoms with E-state index in [2.05, 4.69) is 15.9 Å². The van der Waals surface area contributed by atoms with Gasteiger partial charge in [-0.2, -0.15) is 13.2 Å². The Morgan fingerprint density at radius 2 is 1.93 bits per heavy atom. The number of aliphatic hydroxyl groups is 1. The van der Waals surface area contributed by atoms with Gasteiger partial charge in [-0.05, 0) is 6.07 Å². The normalized spacial score (nSPS) is 11.8. The summed E-state index contributed by atoms with van der Waals surface area (Å²) in [4.78, 5) is 0. The monoisotopic (exact) mass is 269 g/mol. The largest absolute Gasteiger partial charge is 0.419 e. The lowest BCUT2D eigenvalue weighted by atomic mass is 10.1. The number of anilines is 1. The Bertz CT molecular complexity index is 351. The van der Waals surface area contributed by atoms with Gasteiger partial charge in [0.25, 0.3) is 0 Å². The molecule has 1 aromatic rings. The number of nitrogens with two attached hydrogens (primary N) is 1. The minimum atomic E-state index is -4.52. The topological polar surface area (TPSA) is 46.2 Å². The second-order valence-corrected chi connectivity index (χ2v) is 3.51. The molecule has 3 N–H and O–H groups in total. The van der Waals surface area contributed by atoms with Gasteiger partial charge in [-0.1, -0.05) is 22.0 Å². The first-order valence-electron chi connectivity index (χ1n) is 3.63. The molecule has 0 atom stereocenters. The van der Waals surface area contributed by atoms with Crippen molar-refractivity contribution in [3.63, 3.8) is 0 Å². The van der Waals surface area contributed by atoms with Crippen molar-refractivity contribution in [3.8, 4) is 0 Å². The fourth-order valence-corrected chi connectivity index (χ4v) is 1.63. The number of halogens is 4. The predicted molar refractivity (Wildman–Crippen MR) is 49.5 cm³/mol. The third kappa shape index (κ3) is 2.01. The Labute approximate surface area is 86.7 Å². The summed E-state index contributed by atoms with van der Waals surface area (Å²) in [6, 6.07) is 2.55. The number of rotatable bonds is 1. The lowest BCUT2D eigenvalue weighted by Crippen LogP contribution is -2.12. The highest BCUT2D eigenvalue weighted by molar-refractivity contribution is 9.10. The van der Waals surface area contributed by atoms with Crippen LogP contribution >= 0.6 is 15.9 Å². The first-order chi connectivity index (χ1) is 6.38. The van der Waals surface area contributed by atoms with E-state index in [-0.39, 0.29) is 10.0 Å². The van der Waals surface area contributed by atoms with Gasteiger partial charge in [0.05, 0.1) is 17.9 Å². The lowest BCUT2D eigenvalue weighted by Gasteiger charge is -2.14. The van der Waals surface area contributed by atoms with Gasteiger partial charge in [0.2, 0.25) is 0 Å². The zero-order valence-corrected chi connectivity index (χ0v) is 8.48. The third-order valence-corrected chi connectivity index (χ3v) is 2.40. The number of aliphatic hydroxyl groups excluding tert-OH is 1. The van der Waals surface area contributed by atoms with E-state index in [1.165, 1.54) is 12.1 Å². The molecular weight excluding hydrogens is 263 g/mol. The van der Waals surface area contributed by atoms with Crippen molar-refractivity contribution in [1.82, 2.24) is 0 Å². The van der Waals surface area contributed by atoms with Crippen LogP contribution in [0.5, 0.6) is 0 Å². The van der Waals surface area contributed by atoms with E-state index in [0.29, 0.717) is 0 Å². The highest BCUT2D eigenvalue weighted by Gasteiger charge is 2.36. The minimum Gasteiger partial charge on any atom is -0.398 e. The second-order valence-electron chi connectivity index (χ2n) is 2.65. The zero-order valence-electron chi connectivity index (χ0n) is 6.90. The minimum absolute atomic E-state index is 0.0699. The fourth-order valence-electron chi connectivity index (χ4n) is 1.06. The van der Waals surface area contributed by atoms with Crippen LogP contribution in [-0.4, -0.2) is 5.11 Å². The molecule has 0 amide bonds. The number of benzene rings is 1. The zero-order chi connectivity index (χ0) is 10.9. The van der Waals surface area contributed by atoms with Crippen molar-refractivity contribution in [2.75, 3.05) is 5.73 Å². The SMILES string of the molecule is Nc1c(CO)ccc(Br)c1C(F)(F)F. The lowest BCUT2D eigenvalue weighted by molar-refractivity contribution is -0.137. The van der Waals surface area contributed by atoms with Crippen molar-refractivity contribution in [2.45, 2.75) is 12.8 Å². The molecule has 2 nitrogen and oxygen atoms in total. The molecule has 0 fully saturated rings. The summed E-state index contributed by atoms with van der Waals surface area (Å²) in [5, 5.41) is 8.74. The van der Waals surface area contributed by atoms with E-state index in [1.54, 1.807) is 0 Å². The molecule has 0 spiro atoms. The molecule has 0 aliphatic carbocycles. The standard InChI is InChI=1S/C8H7BrF3NO/c9-5-2-1-4(3-14)7(13)6(5)8(10,11)12/h1-2,14H,3,13H2. The summed E-state index contributed by atoms with van der Waals surface area (Å²) >= 11 is 2.76. The number of nitrogen functional groups attached to an aromatic ring is 1. The molecule has 0 aliphatic heterocycles. The van der Waals surface area contributed by atoms with E-state index < -0.39 is 24.0 Å². The first-order valence-corrected chi connectivity index (χ1v) is 4.42. The van der Waals surface area contributed by atoms with Gasteiger partial charge in [-0.15, -0.1) is 0 Å². The molecule has 0 bridgehead atoms. The third-order valence-electron chi connectivity index (χ3n) is 1.74. The highest BCUT2D eigenvalue weighted by atomic mass is 79.9. The van der Waals surface area contributed by atoms with E-state index in [4.69, 9.17) is 10.8 Å². The van der Waals surface area contributed by atoms with Gasteiger partial charge in [0, 0.05) is 10.0 Å². The molecule has 0 saturated heterocycles. The van der Waals surface area contributed by atoms with E-state index in [0.717, 1.165) is 0 Å². The summed E-state index contributed by atoms with van der Waals surface area (Å²) in [7, 11) is 0.